The Balaban J connectivity index is 0.00000220. The number of halogens is 2. The Morgan fingerprint density at radius 1 is 1.55 bits per heavy atom. The number of piperidine rings is 1. The van der Waals surface area contributed by atoms with Gasteiger partial charge in [0.05, 0.1) is 10.7 Å². The first-order valence-corrected chi connectivity index (χ1v) is 8.38. The summed E-state index contributed by atoms with van der Waals surface area (Å²) in [6, 6.07) is 0.184. The van der Waals surface area contributed by atoms with Gasteiger partial charge in [0.25, 0.3) is 0 Å². The standard InChI is InChI=1S/C15H25N3OS.2ClH/c1-11(16)13-5-4-8-18(9-13)15(19)7-3-6-14-10-20-12(2)17-14;;/h10-11,13H,3-9,16H2,1-2H3;2*1H. The lowest BCUT2D eigenvalue weighted by Gasteiger charge is -2.34. The monoisotopic (exact) mass is 367 g/mol. The van der Waals surface area contributed by atoms with E-state index in [4.69, 9.17) is 5.73 Å². The maximum Gasteiger partial charge on any atom is 0.222 e. The number of rotatable bonds is 5. The summed E-state index contributed by atoms with van der Waals surface area (Å²) < 4.78 is 0. The first-order valence-electron chi connectivity index (χ1n) is 7.50. The molecule has 4 nitrogen and oxygen atoms in total. The first-order chi connectivity index (χ1) is 9.56. The third-order valence-corrected chi connectivity index (χ3v) is 4.87. The summed E-state index contributed by atoms with van der Waals surface area (Å²) in [5, 5.41) is 3.19. The zero-order valence-electron chi connectivity index (χ0n) is 13.3. The number of carbonyl (C=O) groups is 1. The summed E-state index contributed by atoms with van der Waals surface area (Å²) in [4.78, 5) is 18.7. The van der Waals surface area contributed by atoms with Crippen molar-refractivity contribution in [3.8, 4) is 0 Å². The fraction of sp³-hybridized carbons (Fsp3) is 0.733. The third-order valence-electron chi connectivity index (χ3n) is 4.04. The van der Waals surface area contributed by atoms with E-state index >= 15 is 0 Å². The van der Waals surface area contributed by atoms with Gasteiger partial charge in [0.15, 0.2) is 0 Å². The smallest absolute Gasteiger partial charge is 0.222 e. The van der Waals surface area contributed by atoms with Crippen LogP contribution in [-0.2, 0) is 11.2 Å². The summed E-state index contributed by atoms with van der Waals surface area (Å²) in [7, 11) is 0. The van der Waals surface area contributed by atoms with Crippen molar-refractivity contribution in [2.75, 3.05) is 13.1 Å². The lowest BCUT2D eigenvalue weighted by Crippen LogP contribution is -2.45. The molecule has 2 unspecified atom stereocenters. The SMILES string of the molecule is Cc1nc(CCCC(=O)N2CCCC(C(C)N)C2)cs1.Cl.Cl. The van der Waals surface area contributed by atoms with Crippen LogP contribution in [0.5, 0.6) is 0 Å². The van der Waals surface area contributed by atoms with Crippen LogP contribution in [0.25, 0.3) is 0 Å². The van der Waals surface area contributed by atoms with Gasteiger partial charge in [-0.25, -0.2) is 4.98 Å². The van der Waals surface area contributed by atoms with Crippen molar-refractivity contribution in [3.63, 3.8) is 0 Å². The average Bonchev–Trinajstić information content (AvgIpc) is 2.84. The molecular weight excluding hydrogens is 341 g/mol. The fourth-order valence-corrected chi connectivity index (χ4v) is 3.41. The molecule has 0 saturated carbocycles. The van der Waals surface area contributed by atoms with E-state index in [1.807, 2.05) is 18.7 Å². The van der Waals surface area contributed by atoms with Crippen molar-refractivity contribution >= 4 is 42.1 Å². The van der Waals surface area contributed by atoms with Crippen molar-refractivity contribution in [2.24, 2.45) is 11.7 Å². The second-order valence-corrected chi connectivity index (χ2v) is 6.87. The predicted molar refractivity (Wildman–Crippen MR) is 97.2 cm³/mol. The van der Waals surface area contributed by atoms with Crippen molar-refractivity contribution in [1.29, 1.82) is 0 Å². The highest BCUT2D eigenvalue weighted by molar-refractivity contribution is 7.09. The van der Waals surface area contributed by atoms with Crippen LogP contribution in [0.15, 0.2) is 5.38 Å². The van der Waals surface area contributed by atoms with Gasteiger partial charge in [-0.1, -0.05) is 0 Å². The lowest BCUT2D eigenvalue weighted by atomic mass is 9.92. The van der Waals surface area contributed by atoms with Crippen molar-refractivity contribution in [3.05, 3.63) is 16.1 Å². The van der Waals surface area contributed by atoms with Crippen LogP contribution in [0.4, 0.5) is 0 Å². The van der Waals surface area contributed by atoms with E-state index < -0.39 is 0 Å². The minimum absolute atomic E-state index is 0. The number of nitrogens with zero attached hydrogens (tertiary/aromatic N) is 2. The molecule has 2 atom stereocenters. The van der Waals surface area contributed by atoms with Gasteiger partial charge in [0.1, 0.15) is 0 Å². The molecule has 1 fully saturated rings. The highest BCUT2D eigenvalue weighted by Gasteiger charge is 2.25. The lowest BCUT2D eigenvalue weighted by molar-refractivity contribution is -0.133. The number of nitrogens with two attached hydrogens (primary N) is 1. The van der Waals surface area contributed by atoms with E-state index in [1.165, 1.54) is 0 Å². The molecule has 2 heterocycles. The normalized spacial score (nSPS) is 19.0. The van der Waals surface area contributed by atoms with Gasteiger partial charge in [-0.3, -0.25) is 4.79 Å². The Labute approximate surface area is 149 Å². The zero-order valence-corrected chi connectivity index (χ0v) is 15.7. The summed E-state index contributed by atoms with van der Waals surface area (Å²) in [6.45, 7) is 5.80. The van der Waals surface area contributed by atoms with Crippen LogP contribution in [0.2, 0.25) is 0 Å². The van der Waals surface area contributed by atoms with Gasteiger partial charge < -0.3 is 10.6 Å². The first kappa shape index (κ1) is 21.6. The maximum absolute atomic E-state index is 12.2. The molecule has 0 radical (unpaired) electrons. The molecule has 1 aliphatic heterocycles. The average molecular weight is 368 g/mol. The molecule has 0 spiro atoms. The van der Waals surface area contributed by atoms with Crippen LogP contribution in [-0.4, -0.2) is 34.9 Å². The quantitative estimate of drug-likeness (QED) is 0.868. The summed E-state index contributed by atoms with van der Waals surface area (Å²) in [5.41, 5.74) is 7.08. The molecule has 2 rings (SSSR count). The van der Waals surface area contributed by atoms with Crippen LogP contribution in [0, 0.1) is 12.8 Å². The molecule has 1 aromatic rings. The van der Waals surface area contributed by atoms with Crippen LogP contribution in [0.3, 0.4) is 0 Å². The van der Waals surface area contributed by atoms with Gasteiger partial charge in [-0.15, -0.1) is 36.2 Å². The minimum Gasteiger partial charge on any atom is -0.342 e. The molecule has 0 bridgehead atoms. The number of thiazole rings is 1. The van der Waals surface area contributed by atoms with E-state index in [-0.39, 0.29) is 36.8 Å². The van der Waals surface area contributed by atoms with Gasteiger partial charge in [0.2, 0.25) is 5.91 Å². The van der Waals surface area contributed by atoms with Crippen molar-refractivity contribution in [2.45, 2.75) is 52.0 Å². The van der Waals surface area contributed by atoms with Crippen LogP contribution < -0.4 is 5.73 Å². The summed E-state index contributed by atoms with van der Waals surface area (Å²) in [5.74, 6) is 0.746. The Kier molecular flexibility index (Phi) is 10.3. The molecule has 7 heteroatoms. The Hall–Kier alpha value is -0.360. The largest absolute Gasteiger partial charge is 0.342 e. The van der Waals surface area contributed by atoms with E-state index in [9.17, 15) is 4.79 Å². The highest BCUT2D eigenvalue weighted by Crippen LogP contribution is 2.20. The minimum atomic E-state index is 0. The highest BCUT2D eigenvalue weighted by atomic mass is 35.5. The number of carbonyl (C=O) groups excluding carboxylic acids is 1. The number of amides is 1. The van der Waals surface area contributed by atoms with E-state index in [2.05, 4.69) is 10.4 Å². The number of hydrogen-bond acceptors (Lipinski definition) is 4. The molecule has 0 aromatic carbocycles. The Morgan fingerprint density at radius 2 is 2.27 bits per heavy atom. The molecule has 0 aliphatic carbocycles. The molecule has 1 aliphatic rings. The zero-order chi connectivity index (χ0) is 14.5. The topological polar surface area (TPSA) is 59.2 Å². The predicted octanol–water partition coefficient (Wildman–Crippen LogP) is 3.20. The molecule has 1 aromatic heterocycles. The van der Waals surface area contributed by atoms with E-state index in [0.717, 1.165) is 49.5 Å². The molecule has 2 N–H and O–H groups in total. The fourth-order valence-electron chi connectivity index (χ4n) is 2.77. The van der Waals surface area contributed by atoms with Gasteiger partial charge in [-0.2, -0.15) is 0 Å². The van der Waals surface area contributed by atoms with E-state index in [1.54, 1.807) is 11.3 Å². The molecule has 1 saturated heterocycles. The number of aromatic nitrogens is 1. The third kappa shape index (κ3) is 6.41. The number of hydrogen-bond donors (Lipinski definition) is 1. The summed E-state index contributed by atoms with van der Waals surface area (Å²) in [6.07, 6.45) is 4.66. The summed E-state index contributed by atoms with van der Waals surface area (Å²) >= 11 is 1.67. The Morgan fingerprint density at radius 3 is 2.86 bits per heavy atom. The van der Waals surface area contributed by atoms with Gasteiger partial charge >= 0.3 is 0 Å². The van der Waals surface area contributed by atoms with Gasteiger partial charge in [0, 0.05) is 30.9 Å². The molecule has 128 valence electrons. The van der Waals surface area contributed by atoms with Crippen molar-refractivity contribution < 1.29 is 4.79 Å². The van der Waals surface area contributed by atoms with Crippen LogP contribution >= 0.6 is 36.2 Å². The van der Waals surface area contributed by atoms with E-state index in [0.29, 0.717) is 12.3 Å². The maximum atomic E-state index is 12.2. The molecule has 1 amide bonds. The van der Waals surface area contributed by atoms with Crippen molar-refractivity contribution in [1.82, 2.24) is 9.88 Å². The second-order valence-electron chi connectivity index (χ2n) is 5.81. The number of likely N-dealkylation sites (tertiary alicyclic amines) is 1. The number of aryl methyl sites for hydroxylation is 2. The molecule has 22 heavy (non-hydrogen) atoms. The molecular formula is C15H27Cl2N3OS. The second kappa shape index (κ2) is 10.4. The van der Waals surface area contributed by atoms with Gasteiger partial charge in [-0.05, 0) is 45.4 Å². The Bertz CT molecular complexity index is 454. The van der Waals surface area contributed by atoms with Crippen LogP contribution in [0.1, 0.15) is 43.3 Å².